The molecule has 0 aliphatic carbocycles. The normalized spacial score (nSPS) is 17.0. The standard InChI is InChI=1S/C16H19BrFN3O5S/c17-11-3-5-13(6-4-11)27(25,26)20-10-15(23)21-7-1-2-14(21)16(24)19-9-12(22)8-18/h3-6,14,20H,1-2,7-10H2,(H,19,24). The van der Waals surface area contributed by atoms with Gasteiger partial charge >= 0.3 is 0 Å². The van der Waals surface area contributed by atoms with E-state index in [0.717, 1.165) is 4.47 Å². The van der Waals surface area contributed by atoms with Crippen molar-refractivity contribution in [3.05, 3.63) is 28.7 Å². The van der Waals surface area contributed by atoms with Crippen LogP contribution in [0.4, 0.5) is 4.39 Å². The van der Waals surface area contributed by atoms with Gasteiger partial charge in [0.25, 0.3) is 0 Å². The minimum Gasteiger partial charge on any atom is -0.347 e. The molecule has 1 aromatic rings. The van der Waals surface area contributed by atoms with Gasteiger partial charge in [0.15, 0.2) is 5.78 Å². The van der Waals surface area contributed by atoms with Crippen LogP contribution in [-0.4, -0.2) is 63.3 Å². The van der Waals surface area contributed by atoms with Crippen LogP contribution >= 0.6 is 15.9 Å². The number of nitrogens with zero attached hydrogens (tertiary/aromatic N) is 1. The predicted octanol–water partition coefficient (Wildman–Crippen LogP) is 0.373. The highest BCUT2D eigenvalue weighted by atomic mass is 79.9. The van der Waals surface area contributed by atoms with E-state index in [4.69, 9.17) is 0 Å². The van der Waals surface area contributed by atoms with Crippen LogP contribution in [0.3, 0.4) is 0 Å². The Kier molecular flexibility index (Phi) is 7.45. The van der Waals surface area contributed by atoms with Crippen LogP contribution in [0.2, 0.25) is 0 Å². The van der Waals surface area contributed by atoms with Crippen molar-refractivity contribution >= 4 is 43.6 Å². The molecule has 0 saturated carbocycles. The molecule has 1 aliphatic rings. The molecule has 1 heterocycles. The van der Waals surface area contributed by atoms with Crippen molar-refractivity contribution in [3.8, 4) is 0 Å². The minimum absolute atomic E-state index is 0.0129. The van der Waals surface area contributed by atoms with Gasteiger partial charge in [-0.05, 0) is 37.1 Å². The zero-order valence-corrected chi connectivity index (χ0v) is 16.7. The summed E-state index contributed by atoms with van der Waals surface area (Å²) in [5.74, 6) is -1.87. The van der Waals surface area contributed by atoms with Gasteiger partial charge < -0.3 is 10.2 Å². The first kappa shape index (κ1) is 21.5. The van der Waals surface area contributed by atoms with E-state index in [-0.39, 0.29) is 4.90 Å². The maximum Gasteiger partial charge on any atom is 0.243 e. The molecule has 2 rings (SSSR count). The van der Waals surface area contributed by atoms with Gasteiger partial charge in [-0.15, -0.1) is 0 Å². The van der Waals surface area contributed by atoms with E-state index in [9.17, 15) is 27.2 Å². The fourth-order valence-corrected chi connectivity index (χ4v) is 3.88. The lowest BCUT2D eigenvalue weighted by molar-refractivity contribution is -0.137. The second kappa shape index (κ2) is 9.38. The van der Waals surface area contributed by atoms with Gasteiger partial charge in [-0.25, -0.2) is 17.5 Å². The number of amides is 2. The number of alkyl halides is 1. The molecule has 0 radical (unpaired) electrons. The number of carbonyl (C=O) groups is 3. The van der Waals surface area contributed by atoms with Crippen molar-refractivity contribution in [3.63, 3.8) is 0 Å². The van der Waals surface area contributed by atoms with Gasteiger partial charge in [0.2, 0.25) is 21.8 Å². The number of Topliss-reactive ketones (excluding diaryl/α,β-unsaturated/α-hetero) is 1. The molecule has 1 aliphatic heterocycles. The number of carbonyl (C=O) groups excluding carboxylic acids is 3. The maximum atomic E-state index is 12.4. The number of hydrogen-bond donors (Lipinski definition) is 2. The van der Waals surface area contributed by atoms with Crippen LogP contribution in [0.1, 0.15) is 12.8 Å². The molecule has 2 amide bonds. The third kappa shape index (κ3) is 5.81. The number of rotatable bonds is 8. The minimum atomic E-state index is -3.87. The topological polar surface area (TPSA) is 113 Å². The summed E-state index contributed by atoms with van der Waals surface area (Å²) in [6.45, 7) is -1.81. The van der Waals surface area contributed by atoms with Crippen LogP contribution in [0.15, 0.2) is 33.6 Å². The number of hydrogen-bond acceptors (Lipinski definition) is 5. The smallest absolute Gasteiger partial charge is 0.243 e. The highest BCUT2D eigenvalue weighted by Crippen LogP contribution is 2.18. The Morgan fingerprint density at radius 2 is 1.85 bits per heavy atom. The van der Waals surface area contributed by atoms with Crippen LogP contribution in [0.25, 0.3) is 0 Å². The van der Waals surface area contributed by atoms with Crippen LogP contribution < -0.4 is 10.0 Å². The maximum absolute atomic E-state index is 12.4. The number of likely N-dealkylation sites (tertiary alicyclic amines) is 1. The average molecular weight is 464 g/mol. The molecule has 1 unspecified atom stereocenters. The summed E-state index contributed by atoms with van der Waals surface area (Å²) in [5.41, 5.74) is 0. The van der Waals surface area contributed by atoms with Gasteiger partial charge in [0, 0.05) is 11.0 Å². The van der Waals surface area contributed by atoms with E-state index in [1.807, 2.05) is 0 Å². The van der Waals surface area contributed by atoms with E-state index in [2.05, 4.69) is 26.0 Å². The molecular formula is C16H19BrFN3O5S. The fourth-order valence-electron chi connectivity index (χ4n) is 2.64. The molecule has 148 valence electrons. The average Bonchev–Trinajstić information content (AvgIpc) is 3.14. The molecule has 0 bridgehead atoms. The molecular weight excluding hydrogens is 445 g/mol. The lowest BCUT2D eigenvalue weighted by atomic mass is 10.2. The summed E-state index contributed by atoms with van der Waals surface area (Å²) in [4.78, 5) is 36.7. The zero-order chi connectivity index (χ0) is 20.0. The largest absolute Gasteiger partial charge is 0.347 e. The SMILES string of the molecule is O=C(CF)CNC(=O)C1CCCN1C(=O)CNS(=O)(=O)c1ccc(Br)cc1. The van der Waals surface area contributed by atoms with E-state index in [0.29, 0.717) is 19.4 Å². The molecule has 2 N–H and O–H groups in total. The lowest BCUT2D eigenvalue weighted by Gasteiger charge is -2.24. The molecule has 1 fully saturated rings. The first-order valence-electron chi connectivity index (χ1n) is 8.14. The Balaban J connectivity index is 1.95. The predicted molar refractivity (Wildman–Crippen MR) is 98.1 cm³/mol. The van der Waals surface area contributed by atoms with Gasteiger partial charge in [-0.1, -0.05) is 15.9 Å². The quantitative estimate of drug-likeness (QED) is 0.578. The Morgan fingerprint density at radius 1 is 1.19 bits per heavy atom. The summed E-state index contributed by atoms with van der Waals surface area (Å²) in [5, 5.41) is 2.30. The monoisotopic (exact) mass is 463 g/mol. The lowest BCUT2D eigenvalue weighted by Crippen LogP contribution is -2.49. The molecule has 8 nitrogen and oxygen atoms in total. The Bertz CT molecular complexity index is 816. The third-order valence-electron chi connectivity index (χ3n) is 4.02. The Labute approximate surface area is 164 Å². The second-order valence-electron chi connectivity index (χ2n) is 5.91. The van der Waals surface area contributed by atoms with Gasteiger partial charge in [-0.3, -0.25) is 14.4 Å². The van der Waals surface area contributed by atoms with E-state index in [1.54, 1.807) is 12.1 Å². The highest BCUT2D eigenvalue weighted by molar-refractivity contribution is 9.10. The van der Waals surface area contributed by atoms with Crippen LogP contribution in [0.5, 0.6) is 0 Å². The zero-order valence-electron chi connectivity index (χ0n) is 14.3. The molecule has 1 saturated heterocycles. The summed E-state index contributed by atoms with van der Waals surface area (Å²) in [7, 11) is -3.87. The number of benzene rings is 1. The summed E-state index contributed by atoms with van der Waals surface area (Å²) >= 11 is 3.21. The number of nitrogens with one attached hydrogen (secondary N) is 2. The Hall–Kier alpha value is -1.85. The second-order valence-corrected chi connectivity index (χ2v) is 8.60. The Morgan fingerprint density at radius 3 is 2.48 bits per heavy atom. The first-order valence-corrected chi connectivity index (χ1v) is 10.4. The van der Waals surface area contributed by atoms with Crippen molar-refractivity contribution in [1.29, 1.82) is 0 Å². The molecule has 0 aromatic heterocycles. The summed E-state index contributed by atoms with van der Waals surface area (Å²) in [6, 6.07) is 5.11. The molecule has 1 aromatic carbocycles. The molecule has 27 heavy (non-hydrogen) atoms. The third-order valence-corrected chi connectivity index (χ3v) is 5.97. The molecule has 1 atom stereocenters. The summed E-state index contributed by atoms with van der Waals surface area (Å²) in [6.07, 6.45) is 0.960. The number of sulfonamides is 1. The van der Waals surface area contributed by atoms with E-state index >= 15 is 0 Å². The molecule has 0 spiro atoms. The van der Waals surface area contributed by atoms with Crippen LogP contribution in [-0.2, 0) is 24.4 Å². The van der Waals surface area contributed by atoms with Crippen molar-refractivity contribution in [2.45, 2.75) is 23.8 Å². The van der Waals surface area contributed by atoms with Crippen molar-refractivity contribution in [2.24, 2.45) is 0 Å². The van der Waals surface area contributed by atoms with E-state index < -0.39 is 53.4 Å². The summed E-state index contributed by atoms with van der Waals surface area (Å²) < 4.78 is 39.6. The number of ketones is 1. The van der Waals surface area contributed by atoms with Gasteiger partial charge in [-0.2, -0.15) is 0 Å². The fraction of sp³-hybridized carbons (Fsp3) is 0.438. The van der Waals surface area contributed by atoms with Crippen molar-refractivity contribution < 1.29 is 27.2 Å². The van der Waals surface area contributed by atoms with Gasteiger partial charge in [0.1, 0.15) is 12.7 Å². The van der Waals surface area contributed by atoms with Gasteiger partial charge in [0.05, 0.1) is 18.0 Å². The van der Waals surface area contributed by atoms with Crippen LogP contribution in [0, 0.1) is 0 Å². The van der Waals surface area contributed by atoms with E-state index in [1.165, 1.54) is 17.0 Å². The first-order chi connectivity index (χ1) is 12.7. The van der Waals surface area contributed by atoms with Crippen molar-refractivity contribution in [1.82, 2.24) is 14.9 Å². The highest BCUT2D eigenvalue weighted by Gasteiger charge is 2.34. The van der Waals surface area contributed by atoms with Crippen molar-refractivity contribution in [2.75, 3.05) is 26.3 Å². The number of halogens is 2. The molecule has 11 heteroatoms.